The van der Waals surface area contributed by atoms with E-state index in [-0.39, 0.29) is 11.7 Å². The summed E-state index contributed by atoms with van der Waals surface area (Å²) in [6.07, 6.45) is 1.97. The predicted molar refractivity (Wildman–Crippen MR) is 74.3 cm³/mol. The third-order valence-corrected chi connectivity index (χ3v) is 6.83. The Morgan fingerprint density at radius 1 is 1.47 bits per heavy atom. The maximum Gasteiger partial charge on any atom is 0.222 e. The summed E-state index contributed by atoms with van der Waals surface area (Å²) in [6.45, 7) is 5.19. The SMILES string of the molecule is CC(C)CC(=O)N1CC2C(CN)(CCCS2(=O)=O)C1. The van der Waals surface area contributed by atoms with Crippen molar-refractivity contribution in [3.63, 3.8) is 0 Å². The molecule has 0 spiro atoms. The number of likely N-dealkylation sites (tertiary alicyclic amines) is 1. The molecule has 0 aliphatic carbocycles. The fourth-order valence-corrected chi connectivity index (χ4v) is 5.70. The van der Waals surface area contributed by atoms with E-state index in [4.69, 9.17) is 5.73 Å². The summed E-state index contributed by atoms with van der Waals surface area (Å²) in [7, 11) is -3.10. The van der Waals surface area contributed by atoms with Crippen molar-refractivity contribution < 1.29 is 13.2 Å². The molecule has 2 N–H and O–H groups in total. The largest absolute Gasteiger partial charge is 0.341 e. The Kier molecular flexibility index (Phi) is 3.93. The van der Waals surface area contributed by atoms with Gasteiger partial charge in [0.25, 0.3) is 0 Å². The Morgan fingerprint density at radius 3 is 2.68 bits per heavy atom. The smallest absolute Gasteiger partial charge is 0.222 e. The molecule has 19 heavy (non-hydrogen) atoms. The van der Waals surface area contributed by atoms with Crippen LogP contribution in [0, 0.1) is 11.3 Å². The molecule has 0 aromatic rings. The number of hydrogen-bond donors (Lipinski definition) is 1. The van der Waals surface area contributed by atoms with Gasteiger partial charge in [0.15, 0.2) is 9.84 Å². The van der Waals surface area contributed by atoms with Gasteiger partial charge in [-0.15, -0.1) is 0 Å². The Balaban J connectivity index is 2.21. The summed E-state index contributed by atoms with van der Waals surface area (Å²) < 4.78 is 24.4. The van der Waals surface area contributed by atoms with E-state index in [1.54, 1.807) is 4.90 Å². The van der Waals surface area contributed by atoms with Crippen molar-refractivity contribution in [3.05, 3.63) is 0 Å². The molecule has 2 heterocycles. The van der Waals surface area contributed by atoms with Crippen molar-refractivity contribution in [2.24, 2.45) is 17.1 Å². The van der Waals surface area contributed by atoms with Crippen LogP contribution in [0.2, 0.25) is 0 Å². The van der Waals surface area contributed by atoms with Crippen LogP contribution in [0.15, 0.2) is 0 Å². The molecule has 0 aromatic carbocycles. The van der Waals surface area contributed by atoms with Gasteiger partial charge in [-0.3, -0.25) is 4.79 Å². The molecular formula is C13H24N2O3S. The second-order valence-corrected chi connectivity index (χ2v) is 8.70. The van der Waals surface area contributed by atoms with Crippen molar-refractivity contribution in [1.29, 1.82) is 0 Å². The lowest BCUT2D eigenvalue weighted by Gasteiger charge is -2.36. The highest BCUT2D eigenvalue weighted by atomic mass is 32.2. The molecule has 2 aliphatic rings. The minimum Gasteiger partial charge on any atom is -0.341 e. The second kappa shape index (κ2) is 5.05. The van der Waals surface area contributed by atoms with Gasteiger partial charge in [0.2, 0.25) is 5.91 Å². The summed E-state index contributed by atoms with van der Waals surface area (Å²) in [5.74, 6) is 0.596. The lowest BCUT2D eigenvalue weighted by molar-refractivity contribution is -0.131. The fourth-order valence-electron chi connectivity index (χ4n) is 3.41. The summed E-state index contributed by atoms with van der Waals surface area (Å²) >= 11 is 0. The zero-order valence-electron chi connectivity index (χ0n) is 11.8. The number of hydrogen-bond acceptors (Lipinski definition) is 4. The lowest BCUT2D eigenvalue weighted by Crippen LogP contribution is -2.49. The van der Waals surface area contributed by atoms with Crippen LogP contribution in [0.25, 0.3) is 0 Å². The Morgan fingerprint density at radius 2 is 2.16 bits per heavy atom. The van der Waals surface area contributed by atoms with Crippen molar-refractivity contribution in [2.75, 3.05) is 25.4 Å². The molecule has 2 rings (SSSR count). The molecule has 2 saturated heterocycles. The molecule has 5 nitrogen and oxygen atoms in total. The van der Waals surface area contributed by atoms with Crippen LogP contribution in [0.1, 0.15) is 33.1 Å². The van der Waals surface area contributed by atoms with Gasteiger partial charge < -0.3 is 10.6 Å². The van der Waals surface area contributed by atoms with E-state index < -0.39 is 20.5 Å². The molecule has 2 aliphatic heterocycles. The summed E-state index contributed by atoms with van der Waals surface area (Å²) in [5.41, 5.74) is 5.46. The van der Waals surface area contributed by atoms with Crippen LogP contribution < -0.4 is 5.73 Å². The lowest BCUT2D eigenvalue weighted by atomic mass is 9.82. The van der Waals surface area contributed by atoms with Gasteiger partial charge >= 0.3 is 0 Å². The number of nitrogens with zero attached hydrogens (tertiary/aromatic N) is 1. The molecule has 6 heteroatoms. The van der Waals surface area contributed by atoms with Crippen LogP contribution in [0.4, 0.5) is 0 Å². The van der Waals surface area contributed by atoms with Gasteiger partial charge in [-0.1, -0.05) is 13.8 Å². The number of carbonyl (C=O) groups is 1. The number of nitrogens with two attached hydrogens (primary N) is 1. The Labute approximate surface area is 115 Å². The maximum atomic E-state index is 12.2. The Bertz CT molecular complexity index is 461. The molecule has 1 amide bonds. The van der Waals surface area contributed by atoms with Gasteiger partial charge in [-0.2, -0.15) is 0 Å². The van der Waals surface area contributed by atoms with E-state index in [0.29, 0.717) is 38.4 Å². The molecule has 110 valence electrons. The summed E-state index contributed by atoms with van der Waals surface area (Å²) in [4.78, 5) is 13.9. The topological polar surface area (TPSA) is 80.5 Å². The highest BCUT2D eigenvalue weighted by Crippen LogP contribution is 2.42. The summed E-state index contributed by atoms with van der Waals surface area (Å²) in [5, 5.41) is -0.449. The minimum absolute atomic E-state index is 0.0624. The van der Waals surface area contributed by atoms with E-state index >= 15 is 0 Å². The number of carbonyl (C=O) groups excluding carboxylic acids is 1. The van der Waals surface area contributed by atoms with Gasteiger partial charge in [-0.25, -0.2) is 8.42 Å². The van der Waals surface area contributed by atoms with Gasteiger partial charge in [0, 0.05) is 31.5 Å². The first-order valence-electron chi connectivity index (χ1n) is 7.00. The number of sulfone groups is 1. The van der Waals surface area contributed by atoms with E-state index in [0.717, 1.165) is 6.42 Å². The quantitative estimate of drug-likeness (QED) is 0.815. The standard InChI is InChI=1S/C13H24N2O3S/c1-10(2)6-12(16)15-7-11-13(8-14,9-15)4-3-5-19(11,17)18/h10-11H,3-9,14H2,1-2H3. The summed E-state index contributed by atoms with van der Waals surface area (Å²) in [6, 6.07) is 0. The van der Waals surface area contributed by atoms with Crippen LogP contribution in [0.3, 0.4) is 0 Å². The number of fused-ring (bicyclic) bond motifs is 1. The zero-order valence-corrected chi connectivity index (χ0v) is 12.6. The Hall–Kier alpha value is -0.620. The maximum absolute atomic E-state index is 12.2. The van der Waals surface area contributed by atoms with Gasteiger partial charge in [0.05, 0.1) is 11.0 Å². The highest BCUT2D eigenvalue weighted by Gasteiger charge is 2.54. The first kappa shape index (κ1) is 14.8. The predicted octanol–water partition coefficient (Wildman–Crippen LogP) is 0.397. The first-order valence-corrected chi connectivity index (χ1v) is 8.72. The monoisotopic (exact) mass is 288 g/mol. The third-order valence-electron chi connectivity index (χ3n) is 4.45. The first-order chi connectivity index (χ1) is 8.81. The number of amides is 1. The van der Waals surface area contributed by atoms with E-state index in [9.17, 15) is 13.2 Å². The molecule has 0 aromatic heterocycles. The molecule has 2 atom stereocenters. The van der Waals surface area contributed by atoms with Gasteiger partial charge in [0.1, 0.15) is 0 Å². The average Bonchev–Trinajstić information content (AvgIpc) is 2.70. The fraction of sp³-hybridized carbons (Fsp3) is 0.923. The van der Waals surface area contributed by atoms with Crippen LogP contribution >= 0.6 is 0 Å². The highest BCUT2D eigenvalue weighted by molar-refractivity contribution is 7.92. The third kappa shape index (κ3) is 2.65. The average molecular weight is 288 g/mol. The van der Waals surface area contributed by atoms with Crippen molar-refractivity contribution in [3.8, 4) is 0 Å². The van der Waals surface area contributed by atoms with E-state index in [2.05, 4.69) is 0 Å². The molecule has 0 saturated carbocycles. The minimum atomic E-state index is -3.10. The van der Waals surface area contributed by atoms with Gasteiger partial charge in [-0.05, 0) is 18.8 Å². The second-order valence-electron chi connectivity index (χ2n) is 6.40. The zero-order chi connectivity index (χ0) is 14.3. The molecule has 0 bridgehead atoms. The number of rotatable bonds is 3. The van der Waals surface area contributed by atoms with E-state index in [1.165, 1.54) is 0 Å². The van der Waals surface area contributed by atoms with Crippen LogP contribution in [-0.4, -0.2) is 49.9 Å². The van der Waals surface area contributed by atoms with Crippen LogP contribution in [-0.2, 0) is 14.6 Å². The van der Waals surface area contributed by atoms with Crippen molar-refractivity contribution in [1.82, 2.24) is 4.90 Å². The van der Waals surface area contributed by atoms with E-state index in [1.807, 2.05) is 13.8 Å². The van der Waals surface area contributed by atoms with Crippen LogP contribution in [0.5, 0.6) is 0 Å². The molecule has 0 radical (unpaired) electrons. The molecule has 2 fully saturated rings. The normalized spacial score (nSPS) is 33.5. The molecule has 2 unspecified atom stereocenters. The van der Waals surface area contributed by atoms with Crippen molar-refractivity contribution >= 4 is 15.7 Å². The van der Waals surface area contributed by atoms with Crippen molar-refractivity contribution in [2.45, 2.75) is 38.4 Å². The molecular weight excluding hydrogens is 264 g/mol.